The Morgan fingerprint density at radius 2 is 0.909 bits per heavy atom. The van der Waals surface area contributed by atoms with Crippen molar-refractivity contribution in [2.45, 2.75) is 58.2 Å². The summed E-state index contributed by atoms with van der Waals surface area (Å²) in [6.45, 7) is 14.3. The Balaban J connectivity index is -0.000000405. The van der Waals surface area contributed by atoms with Crippen LogP contribution in [0, 0.1) is 0 Å². The van der Waals surface area contributed by atoms with Gasteiger partial charge in [-0.1, -0.05) is 58.2 Å². The van der Waals surface area contributed by atoms with Gasteiger partial charge in [0.1, 0.15) is 0 Å². The molecule has 0 N–H and O–H groups in total. The molecule has 0 spiro atoms. The van der Waals surface area contributed by atoms with Crippen LogP contribution >= 0.6 is 0 Å². The van der Waals surface area contributed by atoms with E-state index < -0.39 is 8.80 Å². The van der Waals surface area contributed by atoms with Crippen molar-refractivity contribution >= 4 is 8.80 Å². The van der Waals surface area contributed by atoms with Crippen molar-refractivity contribution in [2.75, 3.05) is 0 Å². The van der Waals surface area contributed by atoms with Gasteiger partial charge in [-0.2, -0.15) is 0 Å². The standard InChI is InChI=1S/C9H22Si.Li.H/c1-7(2)10(8(3)4)9(5)6;;/h7-10H,1-6H3;;/q;+1;-1. The van der Waals surface area contributed by atoms with Crippen molar-refractivity contribution in [3.05, 3.63) is 0 Å². The van der Waals surface area contributed by atoms with Crippen molar-refractivity contribution < 1.29 is 20.3 Å². The molecule has 0 aromatic carbocycles. The van der Waals surface area contributed by atoms with E-state index in [9.17, 15) is 0 Å². The Morgan fingerprint density at radius 1 is 0.727 bits per heavy atom. The minimum atomic E-state index is -0.454. The molecule has 0 aromatic rings. The molecule has 0 bridgehead atoms. The average molecular weight is 166 g/mol. The summed E-state index contributed by atoms with van der Waals surface area (Å²) in [5.41, 5.74) is 2.92. The molecule has 0 aliphatic carbocycles. The van der Waals surface area contributed by atoms with Crippen molar-refractivity contribution in [1.82, 2.24) is 0 Å². The largest absolute Gasteiger partial charge is 1.00 e. The van der Waals surface area contributed by atoms with E-state index in [4.69, 9.17) is 0 Å². The van der Waals surface area contributed by atoms with Gasteiger partial charge in [0.15, 0.2) is 0 Å². The van der Waals surface area contributed by atoms with E-state index in [2.05, 4.69) is 41.5 Å². The van der Waals surface area contributed by atoms with E-state index in [1.54, 1.807) is 0 Å². The third-order valence-corrected chi connectivity index (χ3v) is 6.93. The molecule has 0 nitrogen and oxygen atoms in total. The first-order valence-corrected chi connectivity index (χ1v) is 6.46. The van der Waals surface area contributed by atoms with Gasteiger partial charge in [0.2, 0.25) is 0 Å². The Hall–Kier alpha value is 0.814. The van der Waals surface area contributed by atoms with Gasteiger partial charge in [-0.05, 0) is 0 Å². The minimum absolute atomic E-state index is 0. The molecule has 64 valence electrons. The van der Waals surface area contributed by atoms with E-state index in [-0.39, 0.29) is 20.3 Å². The Labute approximate surface area is 87.4 Å². The third-order valence-electron chi connectivity index (χ3n) is 2.31. The van der Waals surface area contributed by atoms with Crippen molar-refractivity contribution in [2.24, 2.45) is 0 Å². The van der Waals surface area contributed by atoms with E-state index in [0.29, 0.717) is 0 Å². The third kappa shape index (κ3) is 5.12. The Kier molecular flexibility index (Phi) is 8.27. The molecule has 0 saturated carbocycles. The maximum Gasteiger partial charge on any atom is 1.00 e. The zero-order valence-corrected chi connectivity index (χ0v) is 10.5. The van der Waals surface area contributed by atoms with Crippen molar-refractivity contribution in [3.63, 3.8) is 0 Å². The first-order chi connectivity index (χ1) is 4.46. The average Bonchev–Trinajstić information content (AvgIpc) is 1.59. The van der Waals surface area contributed by atoms with Gasteiger partial charge in [-0.15, -0.1) is 0 Å². The molecule has 0 aromatic heterocycles. The Bertz CT molecular complexity index is 75.5. The molecule has 2 heteroatoms. The summed E-state index contributed by atoms with van der Waals surface area (Å²) in [6, 6.07) is 0. The minimum Gasteiger partial charge on any atom is -1.00 e. The number of hydrogen-bond acceptors (Lipinski definition) is 0. The molecule has 11 heavy (non-hydrogen) atoms. The summed E-state index contributed by atoms with van der Waals surface area (Å²) in [5, 5.41) is 0. The monoisotopic (exact) mass is 166 g/mol. The zero-order valence-electron chi connectivity index (χ0n) is 10.3. The number of rotatable bonds is 3. The fraction of sp³-hybridized carbons (Fsp3) is 1.00. The summed E-state index contributed by atoms with van der Waals surface area (Å²) in [4.78, 5) is 0. The molecular weight excluding hydrogens is 143 g/mol. The van der Waals surface area contributed by atoms with Crippen LogP contribution in [-0.2, 0) is 0 Å². The second-order valence-corrected chi connectivity index (χ2v) is 9.46. The van der Waals surface area contributed by atoms with Gasteiger partial charge in [0.05, 0.1) is 0 Å². The van der Waals surface area contributed by atoms with Crippen LogP contribution in [0.4, 0.5) is 0 Å². The zero-order chi connectivity index (χ0) is 8.31. The summed E-state index contributed by atoms with van der Waals surface area (Å²) >= 11 is 0. The fourth-order valence-electron chi connectivity index (χ4n) is 2.31. The molecule has 0 aliphatic rings. The summed E-state index contributed by atoms with van der Waals surface area (Å²) in [7, 11) is -0.454. The van der Waals surface area contributed by atoms with E-state index in [1.807, 2.05) is 0 Å². The second kappa shape index (κ2) is 6.34. The van der Waals surface area contributed by atoms with Crippen LogP contribution in [-0.4, -0.2) is 8.80 Å². The molecule has 0 aliphatic heterocycles. The first kappa shape index (κ1) is 14.3. The molecule has 0 atom stereocenters. The van der Waals surface area contributed by atoms with Crippen LogP contribution in [0.3, 0.4) is 0 Å². The molecule has 0 fully saturated rings. The second-order valence-electron chi connectivity index (χ2n) is 4.31. The summed E-state index contributed by atoms with van der Waals surface area (Å²) < 4.78 is 0. The predicted octanol–water partition coefficient (Wildman–Crippen LogP) is 0.560. The quantitative estimate of drug-likeness (QED) is 0.537. The summed E-state index contributed by atoms with van der Waals surface area (Å²) in [5.74, 6) is 0. The SMILES string of the molecule is CC(C)[SiH](C(C)C)C(C)C.[H-].[Li+]. The van der Waals surface area contributed by atoms with Crippen LogP contribution in [0.2, 0.25) is 16.6 Å². The van der Waals surface area contributed by atoms with E-state index in [1.165, 1.54) is 0 Å². The molecule has 0 saturated heterocycles. The van der Waals surface area contributed by atoms with Gasteiger partial charge in [0, 0.05) is 8.80 Å². The van der Waals surface area contributed by atoms with Crippen molar-refractivity contribution in [1.29, 1.82) is 0 Å². The maximum atomic E-state index is 2.39. The number of hydrogen-bond donors (Lipinski definition) is 0. The van der Waals surface area contributed by atoms with Crippen molar-refractivity contribution in [3.8, 4) is 0 Å². The molecule has 0 unspecified atom stereocenters. The summed E-state index contributed by atoms with van der Waals surface area (Å²) in [6.07, 6.45) is 0. The molecular formula is C9H23LiSi. The van der Waals surface area contributed by atoms with E-state index >= 15 is 0 Å². The molecule has 0 radical (unpaired) electrons. The van der Waals surface area contributed by atoms with Crippen LogP contribution < -0.4 is 18.9 Å². The smallest absolute Gasteiger partial charge is 1.00 e. The van der Waals surface area contributed by atoms with E-state index in [0.717, 1.165) is 16.6 Å². The van der Waals surface area contributed by atoms with Gasteiger partial charge in [-0.25, -0.2) is 0 Å². The Morgan fingerprint density at radius 3 is 0.909 bits per heavy atom. The van der Waals surface area contributed by atoms with Gasteiger partial charge < -0.3 is 1.43 Å². The van der Waals surface area contributed by atoms with Crippen LogP contribution in [0.5, 0.6) is 0 Å². The van der Waals surface area contributed by atoms with Gasteiger partial charge in [0.25, 0.3) is 0 Å². The van der Waals surface area contributed by atoms with Gasteiger partial charge >= 0.3 is 18.9 Å². The molecule has 0 amide bonds. The first-order valence-electron chi connectivity index (χ1n) is 4.46. The van der Waals surface area contributed by atoms with Crippen LogP contribution in [0.15, 0.2) is 0 Å². The van der Waals surface area contributed by atoms with Crippen LogP contribution in [0.25, 0.3) is 0 Å². The molecule has 0 heterocycles. The normalized spacial score (nSPS) is 11.5. The van der Waals surface area contributed by atoms with Crippen LogP contribution in [0.1, 0.15) is 43.0 Å². The maximum absolute atomic E-state index is 2.39. The predicted molar refractivity (Wildman–Crippen MR) is 53.6 cm³/mol. The van der Waals surface area contributed by atoms with Gasteiger partial charge in [-0.3, -0.25) is 0 Å². The topological polar surface area (TPSA) is 0 Å². The molecule has 0 rings (SSSR count). The fourth-order valence-corrected chi connectivity index (χ4v) is 6.93.